The normalized spacial score (nSPS) is 27.4. The van der Waals surface area contributed by atoms with Crippen LogP contribution in [0.2, 0.25) is 0 Å². The number of carbonyl (C=O) groups excluding carboxylic acids is 1. The number of benzene rings is 1. The first-order valence-electron chi connectivity index (χ1n) is 9.08. The fourth-order valence-corrected chi connectivity index (χ4v) is 4.52. The minimum absolute atomic E-state index is 0.0872. The SMILES string of the molecule is CCOC(=O)c1cccc(CC2(C)CC3(CC(C)(C)N2)OCCO3)c1. The average Bonchev–Trinajstić information content (AvgIpc) is 2.92. The molecule has 2 saturated heterocycles. The lowest BCUT2D eigenvalue weighted by molar-refractivity contribution is -0.207. The highest BCUT2D eigenvalue weighted by molar-refractivity contribution is 5.89. The third-order valence-corrected chi connectivity index (χ3v) is 4.86. The van der Waals surface area contributed by atoms with Gasteiger partial charge in [0.1, 0.15) is 0 Å². The Morgan fingerprint density at radius 2 is 1.92 bits per heavy atom. The smallest absolute Gasteiger partial charge is 0.338 e. The van der Waals surface area contributed by atoms with Gasteiger partial charge >= 0.3 is 5.97 Å². The summed E-state index contributed by atoms with van der Waals surface area (Å²) < 4.78 is 17.1. The van der Waals surface area contributed by atoms with Crippen molar-refractivity contribution in [2.24, 2.45) is 0 Å². The molecule has 0 bridgehead atoms. The molecule has 2 aliphatic heterocycles. The lowest BCUT2D eigenvalue weighted by Gasteiger charge is -2.51. The van der Waals surface area contributed by atoms with Gasteiger partial charge in [0, 0.05) is 23.9 Å². The fraction of sp³-hybridized carbons (Fsp3) is 0.650. The average molecular weight is 347 g/mol. The summed E-state index contributed by atoms with van der Waals surface area (Å²) in [5.74, 6) is -0.771. The largest absolute Gasteiger partial charge is 0.462 e. The summed E-state index contributed by atoms with van der Waals surface area (Å²) in [7, 11) is 0. The number of carbonyl (C=O) groups is 1. The Hall–Kier alpha value is -1.43. The third kappa shape index (κ3) is 4.22. The molecule has 5 nitrogen and oxygen atoms in total. The van der Waals surface area contributed by atoms with Gasteiger partial charge in [0.05, 0.1) is 25.4 Å². The minimum atomic E-state index is -0.498. The molecule has 2 fully saturated rings. The second-order valence-corrected chi connectivity index (χ2v) is 8.13. The van der Waals surface area contributed by atoms with Crippen LogP contribution in [0.4, 0.5) is 0 Å². The van der Waals surface area contributed by atoms with Gasteiger partial charge in [-0.15, -0.1) is 0 Å². The minimum Gasteiger partial charge on any atom is -0.462 e. The van der Waals surface area contributed by atoms with Crippen molar-refractivity contribution in [3.8, 4) is 0 Å². The van der Waals surface area contributed by atoms with E-state index in [4.69, 9.17) is 14.2 Å². The molecule has 1 N–H and O–H groups in total. The Balaban J connectivity index is 1.81. The number of ether oxygens (including phenoxy) is 3. The molecule has 1 aromatic carbocycles. The Morgan fingerprint density at radius 1 is 1.20 bits per heavy atom. The summed E-state index contributed by atoms with van der Waals surface area (Å²) in [5, 5.41) is 3.77. The maximum atomic E-state index is 12.0. The van der Waals surface area contributed by atoms with Crippen molar-refractivity contribution >= 4 is 5.97 Å². The van der Waals surface area contributed by atoms with Gasteiger partial charge in [-0.25, -0.2) is 4.79 Å². The van der Waals surface area contributed by atoms with E-state index in [-0.39, 0.29) is 17.0 Å². The van der Waals surface area contributed by atoms with Crippen LogP contribution >= 0.6 is 0 Å². The van der Waals surface area contributed by atoms with Gasteiger partial charge in [0.25, 0.3) is 0 Å². The van der Waals surface area contributed by atoms with Crippen molar-refractivity contribution < 1.29 is 19.0 Å². The van der Waals surface area contributed by atoms with Crippen molar-refractivity contribution in [1.29, 1.82) is 0 Å². The molecule has 1 spiro atoms. The number of rotatable bonds is 4. The molecule has 3 rings (SSSR count). The third-order valence-electron chi connectivity index (χ3n) is 4.86. The molecular weight excluding hydrogens is 318 g/mol. The van der Waals surface area contributed by atoms with Crippen molar-refractivity contribution in [1.82, 2.24) is 5.32 Å². The first kappa shape index (κ1) is 18.4. The van der Waals surface area contributed by atoms with E-state index in [2.05, 4.69) is 32.2 Å². The number of hydrogen-bond acceptors (Lipinski definition) is 5. The molecule has 0 amide bonds. The molecular formula is C20H29NO4. The van der Waals surface area contributed by atoms with E-state index < -0.39 is 5.79 Å². The first-order valence-corrected chi connectivity index (χ1v) is 9.08. The predicted molar refractivity (Wildman–Crippen MR) is 95.6 cm³/mol. The summed E-state index contributed by atoms with van der Waals surface area (Å²) in [4.78, 5) is 12.0. The van der Waals surface area contributed by atoms with E-state index in [1.807, 2.05) is 19.1 Å². The Kier molecular flexibility index (Phi) is 4.93. The number of hydrogen-bond donors (Lipinski definition) is 1. The highest BCUT2D eigenvalue weighted by atomic mass is 16.7. The Morgan fingerprint density at radius 3 is 2.60 bits per heavy atom. The second kappa shape index (κ2) is 6.71. The van der Waals surface area contributed by atoms with Crippen LogP contribution < -0.4 is 5.32 Å². The summed E-state index contributed by atoms with van der Waals surface area (Å²) in [6.07, 6.45) is 2.41. The molecule has 138 valence electrons. The summed E-state index contributed by atoms with van der Waals surface area (Å²) >= 11 is 0. The van der Waals surface area contributed by atoms with Gasteiger partial charge < -0.3 is 19.5 Å². The topological polar surface area (TPSA) is 56.8 Å². The molecule has 2 aliphatic rings. The lowest BCUT2D eigenvalue weighted by Crippen LogP contribution is -2.65. The highest BCUT2D eigenvalue weighted by Gasteiger charge is 2.52. The zero-order valence-electron chi connectivity index (χ0n) is 15.7. The predicted octanol–water partition coefficient (Wildman–Crippen LogP) is 3.07. The molecule has 1 atom stereocenters. The van der Waals surface area contributed by atoms with Gasteiger partial charge in [-0.3, -0.25) is 0 Å². The monoisotopic (exact) mass is 347 g/mol. The second-order valence-electron chi connectivity index (χ2n) is 8.13. The van der Waals surface area contributed by atoms with E-state index in [1.165, 1.54) is 0 Å². The van der Waals surface area contributed by atoms with E-state index in [0.717, 1.165) is 24.8 Å². The van der Waals surface area contributed by atoms with Crippen LogP contribution in [0.5, 0.6) is 0 Å². The van der Waals surface area contributed by atoms with E-state index in [1.54, 1.807) is 6.07 Å². The maximum Gasteiger partial charge on any atom is 0.338 e. The molecule has 0 radical (unpaired) electrons. The first-order chi connectivity index (χ1) is 11.7. The van der Waals surface area contributed by atoms with Crippen molar-refractivity contribution in [2.75, 3.05) is 19.8 Å². The van der Waals surface area contributed by atoms with E-state index >= 15 is 0 Å². The van der Waals surface area contributed by atoms with Crippen molar-refractivity contribution in [3.05, 3.63) is 35.4 Å². The van der Waals surface area contributed by atoms with Gasteiger partial charge in [0.2, 0.25) is 0 Å². The molecule has 5 heteroatoms. The molecule has 0 aliphatic carbocycles. The van der Waals surface area contributed by atoms with Crippen LogP contribution in [0.1, 0.15) is 56.5 Å². The highest BCUT2D eigenvalue weighted by Crippen LogP contribution is 2.42. The Bertz CT molecular complexity index is 636. The van der Waals surface area contributed by atoms with Gasteiger partial charge in [-0.2, -0.15) is 0 Å². The molecule has 1 unspecified atom stereocenters. The van der Waals surface area contributed by atoms with E-state index in [9.17, 15) is 4.79 Å². The number of piperidine rings is 1. The summed E-state index contributed by atoms with van der Waals surface area (Å²) in [6, 6.07) is 7.69. The molecule has 25 heavy (non-hydrogen) atoms. The zero-order chi connectivity index (χ0) is 18.1. The zero-order valence-corrected chi connectivity index (χ0v) is 15.7. The number of esters is 1. The van der Waals surface area contributed by atoms with Gasteiger partial charge in [-0.1, -0.05) is 12.1 Å². The van der Waals surface area contributed by atoms with Crippen LogP contribution in [-0.4, -0.2) is 42.7 Å². The lowest BCUT2D eigenvalue weighted by atomic mass is 9.75. The molecule has 2 heterocycles. The van der Waals surface area contributed by atoms with Crippen LogP contribution in [0, 0.1) is 0 Å². The summed E-state index contributed by atoms with van der Waals surface area (Å²) in [5.41, 5.74) is 1.43. The van der Waals surface area contributed by atoms with Crippen LogP contribution in [0.3, 0.4) is 0 Å². The maximum absolute atomic E-state index is 12.0. The van der Waals surface area contributed by atoms with Crippen LogP contribution in [0.25, 0.3) is 0 Å². The quantitative estimate of drug-likeness (QED) is 0.849. The van der Waals surface area contributed by atoms with Crippen molar-refractivity contribution in [2.45, 2.75) is 63.8 Å². The van der Waals surface area contributed by atoms with Gasteiger partial charge in [-0.05, 0) is 51.8 Å². The van der Waals surface area contributed by atoms with E-state index in [0.29, 0.717) is 25.4 Å². The molecule has 0 saturated carbocycles. The van der Waals surface area contributed by atoms with Crippen LogP contribution in [0.15, 0.2) is 24.3 Å². The molecule has 0 aromatic heterocycles. The van der Waals surface area contributed by atoms with Crippen molar-refractivity contribution in [3.63, 3.8) is 0 Å². The van der Waals surface area contributed by atoms with Crippen LogP contribution in [-0.2, 0) is 20.6 Å². The molecule has 1 aromatic rings. The summed E-state index contributed by atoms with van der Waals surface area (Å²) in [6.45, 7) is 10.1. The van der Waals surface area contributed by atoms with Gasteiger partial charge in [0.15, 0.2) is 5.79 Å². The fourth-order valence-electron chi connectivity index (χ4n) is 4.52. The Labute approximate surface area is 150 Å². The number of nitrogens with one attached hydrogen (secondary N) is 1. The standard InChI is InChI=1S/C20H29NO4/c1-5-23-17(22)16-8-6-7-15(11-16)12-19(4)14-20(24-9-10-25-20)13-18(2,3)21-19/h6-8,11,21H,5,9-10,12-14H2,1-4H3.